The first-order valence-electron chi connectivity index (χ1n) is 5.19. The Kier molecular flexibility index (Phi) is 4.71. The molecule has 1 rings (SSSR count). The quantitative estimate of drug-likeness (QED) is 0.512. The van der Waals surface area contributed by atoms with Gasteiger partial charge in [-0.3, -0.25) is 4.79 Å². The topological polar surface area (TPSA) is 83.8 Å². The van der Waals surface area contributed by atoms with Gasteiger partial charge in [0.15, 0.2) is 6.10 Å². The first-order chi connectivity index (χ1) is 7.15. The average Bonchev–Trinajstić information content (AvgIpc) is 2.29. The van der Waals surface area contributed by atoms with E-state index < -0.39 is 24.6 Å². The van der Waals surface area contributed by atoms with Crippen LogP contribution >= 0.6 is 0 Å². The molecule has 0 aromatic heterocycles. The molecule has 0 bridgehead atoms. The zero-order chi connectivity index (χ0) is 11.3. The molecule has 15 heavy (non-hydrogen) atoms. The van der Waals surface area contributed by atoms with Crippen molar-refractivity contribution >= 4 is 11.9 Å². The number of aliphatic hydroxyl groups is 2. The summed E-state index contributed by atoms with van der Waals surface area (Å²) in [6, 6.07) is 0. The molecule has 0 radical (unpaired) electrons. The van der Waals surface area contributed by atoms with Crippen LogP contribution in [0.15, 0.2) is 0 Å². The van der Waals surface area contributed by atoms with Crippen molar-refractivity contribution < 1.29 is 24.5 Å². The van der Waals surface area contributed by atoms with Crippen molar-refractivity contribution in [3.8, 4) is 0 Å². The zero-order valence-electron chi connectivity index (χ0n) is 8.52. The van der Waals surface area contributed by atoms with Crippen molar-refractivity contribution in [3.05, 3.63) is 0 Å². The van der Waals surface area contributed by atoms with Crippen LogP contribution in [0.2, 0.25) is 0 Å². The zero-order valence-corrected chi connectivity index (χ0v) is 8.52. The summed E-state index contributed by atoms with van der Waals surface area (Å²) in [7, 11) is 0. The van der Waals surface area contributed by atoms with E-state index in [4.69, 9.17) is 10.2 Å². The fourth-order valence-corrected chi connectivity index (χ4v) is 1.66. The highest BCUT2D eigenvalue weighted by molar-refractivity contribution is 5.88. The van der Waals surface area contributed by atoms with E-state index in [2.05, 4.69) is 4.74 Å². The minimum absolute atomic E-state index is 0.228. The Labute approximate surface area is 88.0 Å². The molecule has 1 saturated carbocycles. The van der Waals surface area contributed by atoms with E-state index in [9.17, 15) is 9.59 Å². The van der Waals surface area contributed by atoms with Crippen LogP contribution in [0.25, 0.3) is 0 Å². The normalized spacial score (nSPS) is 19.6. The van der Waals surface area contributed by atoms with Crippen LogP contribution in [0, 0.1) is 5.92 Å². The molecule has 1 fully saturated rings. The van der Waals surface area contributed by atoms with Gasteiger partial charge in [-0.15, -0.1) is 0 Å². The maximum Gasteiger partial charge on any atom is 0.345 e. The first-order valence-corrected chi connectivity index (χ1v) is 5.19. The second kappa shape index (κ2) is 5.82. The van der Waals surface area contributed by atoms with Gasteiger partial charge in [-0.2, -0.15) is 0 Å². The lowest BCUT2D eigenvalue weighted by atomic mass is 9.89. The van der Waals surface area contributed by atoms with Gasteiger partial charge < -0.3 is 14.9 Å². The smallest absolute Gasteiger partial charge is 0.345 e. The molecule has 1 atom stereocenters. The number of esters is 2. The van der Waals surface area contributed by atoms with E-state index in [-0.39, 0.29) is 5.92 Å². The molecule has 5 nitrogen and oxygen atoms in total. The molecule has 5 heteroatoms. The maximum atomic E-state index is 11.4. The van der Waals surface area contributed by atoms with Crippen LogP contribution in [0.1, 0.15) is 32.1 Å². The van der Waals surface area contributed by atoms with Crippen molar-refractivity contribution in [3.63, 3.8) is 0 Å². The molecule has 0 spiro atoms. The molecule has 0 amide bonds. The molecule has 1 aliphatic carbocycles. The summed E-state index contributed by atoms with van der Waals surface area (Å²) in [4.78, 5) is 22.4. The molecular weight excluding hydrogens is 200 g/mol. The lowest BCUT2D eigenvalue weighted by Gasteiger charge is -2.19. The summed E-state index contributed by atoms with van der Waals surface area (Å²) in [5, 5.41) is 17.4. The highest BCUT2D eigenvalue weighted by Gasteiger charge is 2.26. The third kappa shape index (κ3) is 3.60. The largest absolute Gasteiger partial charge is 0.393 e. The summed E-state index contributed by atoms with van der Waals surface area (Å²) >= 11 is 0. The lowest BCUT2D eigenvalue weighted by Crippen LogP contribution is -2.31. The van der Waals surface area contributed by atoms with Crippen molar-refractivity contribution in [1.29, 1.82) is 0 Å². The highest BCUT2D eigenvalue weighted by Crippen LogP contribution is 2.24. The standard InChI is InChI=1S/C10H16O5/c11-6-8(12)10(14)15-9(13)7-4-2-1-3-5-7/h7-8,11-12H,1-6H2. The number of hydrogen-bond donors (Lipinski definition) is 2. The van der Waals surface area contributed by atoms with Crippen LogP contribution in [0.5, 0.6) is 0 Å². The van der Waals surface area contributed by atoms with Gasteiger partial charge in [-0.1, -0.05) is 19.3 Å². The van der Waals surface area contributed by atoms with Gasteiger partial charge >= 0.3 is 11.9 Å². The van der Waals surface area contributed by atoms with Gasteiger partial charge in [0.05, 0.1) is 12.5 Å². The van der Waals surface area contributed by atoms with Gasteiger partial charge in [0, 0.05) is 0 Å². The van der Waals surface area contributed by atoms with E-state index >= 15 is 0 Å². The molecule has 0 aromatic carbocycles. The number of rotatable bonds is 3. The minimum atomic E-state index is -1.61. The van der Waals surface area contributed by atoms with E-state index in [0.717, 1.165) is 32.1 Å². The van der Waals surface area contributed by atoms with Crippen LogP contribution in [0.4, 0.5) is 0 Å². The van der Waals surface area contributed by atoms with E-state index in [1.165, 1.54) is 0 Å². The van der Waals surface area contributed by atoms with Gasteiger partial charge in [-0.05, 0) is 12.8 Å². The molecule has 2 N–H and O–H groups in total. The number of ether oxygens (including phenoxy) is 1. The van der Waals surface area contributed by atoms with Gasteiger partial charge in [-0.25, -0.2) is 4.79 Å². The molecule has 0 aromatic rings. The number of carbonyl (C=O) groups is 2. The first kappa shape index (κ1) is 12.1. The molecule has 1 unspecified atom stereocenters. The highest BCUT2D eigenvalue weighted by atomic mass is 16.6. The fourth-order valence-electron chi connectivity index (χ4n) is 1.66. The van der Waals surface area contributed by atoms with E-state index in [1.807, 2.05) is 0 Å². The third-order valence-corrected chi connectivity index (χ3v) is 2.58. The van der Waals surface area contributed by atoms with Crippen molar-refractivity contribution in [2.75, 3.05) is 6.61 Å². The monoisotopic (exact) mass is 216 g/mol. The minimum Gasteiger partial charge on any atom is -0.393 e. The Morgan fingerprint density at radius 2 is 1.87 bits per heavy atom. The lowest BCUT2D eigenvalue weighted by molar-refractivity contribution is -0.170. The van der Waals surface area contributed by atoms with Crippen LogP contribution in [-0.2, 0) is 14.3 Å². The van der Waals surface area contributed by atoms with Crippen LogP contribution in [-0.4, -0.2) is 34.9 Å². The molecule has 0 saturated heterocycles. The van der Waals surface area contributed by atoms with Crippen LogP contribution in [0.3, 0.4) is 0 Å². The van der Waals surface area contributed by atoms with Gasteiger partial charge in [0.2, 0.25) is 0 Å². The van der Waals surface area contributed by atoms with Gasteiger partial charge in [0.1, 0.15) is 0 Å². The van der Waals surface area contributed by atoms with Crippen molar-refractivity contribution in [2.45, 2.75) is 38.2 Å². The van der Waals surface area contributed by atoms with E-state index in [1.54, 1.807) is 0 Å². The summed E-state index contributed by atoms with van der Waals surface area (Å²) < 4.78 is 4.45. The second-order valence-electron chi connectivity index (χ2n) is 3.77. The van der Waals surface area contributed by atoms with Crippen LogP contribution < -0.4 is 0 Å². The summed E-state index contributed by atoms with van der Waals surface area (Å²) in [6.07, 6.45) is 2.91. The maximum absolute atomic E-state index is 11.4. The molecule has 1 aliphatic rings. The number of hydrogen-bond acceptors (Lipinski definition) is 5. The fraction of sp³-hybridized carbons (Fsp3) is 0.800. The third-order valence-electron chi connectivity index (χ3n) is 2.58. The predicted molar refractivity (Wildman–Crippen MR) is 50.8 cm³/mol. The summed E-state index contributed by atoms with van der Waals surface area (Å²) in [5.41, 5.74) is 0. The Morgan fingerprint density at radius 3 is 2.40 bits per heavy atom. The Balaban J connectivity index is 2.37. The summed E-state index contributed by atoms with van der Waals surface area (Å²) in [6.45, 7) is -0.725. The second-order valence-corrected chi connectivity index (χ2v) is 3.77. The van der Waals surface area contributed by atoms with E-state index in [0.29, 0.717) is 0 Å². The Hall–Kier alpha value is -0.940. The number of carbonyl (C=O) groups excluding carboxylic acids is 2. The van der Waals surface area contributed by atoms with Gasteiger partial charge in [0.25, 0.3) is 0 Å². The molecule has 86 valence electrons. The van der Waals surface area contributed by atoms with Crippen molar-refractivity contribution in [2.24, 2.45) is 5.92 Å². The molecule has 0 aliphatic heterocycles. The SMILES string of the molecule is O=C(OC(=O)C1CCCCC1)C(O)CO. The molecular formula is C10H16O5. The average molecular weight is 216 g/mol. The van der Waals surface area contributed by atoms with Crippen molar-refractivity contribution in [1.82, 2.24) is 0 Å². The Morgan fingerprint density at radius 1 is 1.27 bits per heavy atom. The molecule has 0 heterocycles. The summed E-state index contributed by atoms with van der Waals surface area (Å²) in [5.74, 6) is -1.87. The predicted octanol–water partition coefficient (Wildman–Crippen LogP) is -0.0103. The Bertz CT molecular complexity index is 232. The number of aliphatic hydroxyl groups excluding tert-OH is 2.